The third-order valence-electron chi connectivity index (χ3n) is 11.7. The van der Waals surface area contributed by atoms with Gasteiger partial charge in [-0.15, -0.1) is 0 Å². The fourth-order valence-corrected chi connectivity index (χ4v) is 8.22. The fourth-order valence-electron chi connectivity index (χ4n) is 8.22. The van der Waals surface area contributed by atoms with Gasteiger partial charge >= 0.3 is 41.5 Å². The average molecular weight is 958 g/mol. The molecule has 0 saturated carbocycles. The van der Waals surface area contributed by atoms with Crippen molar-refractivity contribution < 1.29 is 72.6 Å². The zero-order chi connectivity index (χ0) is 48.9. The Morgan fingerprint density at radius 2 is 0.942 bits per heavy atom. The number of methoxy groups -OCH3 is 2. The van der Waals surface area contributed by atoms with E-state index in [2.05, 4.69) is 137 Å². The Labute approximate surface area is 433 Å². The van der Waals surface area contributed by atoms with Crippen LogP contribution in [0.1, 0.15) is 57.6 Å². The summed E-state index contributed by atoms with van der Waals surface area (Å²) in [6, 6.07) is 38.6. The molecule has 4 heterocycles. The molecule has 3 radical (unpaired) electrons. The molecule has 4 saturated heterocycles. The van der Waals surface area contributed by atoms with Gasteiger partial charge < -0.3 is 37.3 Å². The summed E-state index contributed by atoms with van der Waals surface area (Å²) in [5.74, 6) is 0.620. The molecular weight excluding hydrogens is 886 g/mol. The van der Waals surface area contributed by atoms with E-state index >= 15 is 0 Å². The molecule has 0 aliphatic carbocycles. The number of carbonyl (C=O) groups is 4. The first-order valence-electron chi connectivity index (χ1n) is 23.5. The fraction of sp³-hybridized carbons (Fsp3) is 0.462. The maximum absolute atomic E-state index is 11.0. The molecule has 4 aromatic rings. The van der Waals surface area contributed by atoms with Gasteiger partial charge in [0.25, 0.3) is 0 Å². The van der Waals surface area contributed by atoms with E-state index < -0.39 is 17.9 Å². The third kappa shape index (κ3) is 22.6. The SMILES string of the molecule is CC(=O)OOC(C)=O.COc1ccccc1N1CCN(C2CCN(Cc3ccccc3)CC2)CC1.COc1ccccc1N1CCNCC1.O=C1CCN(Cc2ccccc2)CC1.[B-]OC(C)=O.[Na+]. The number of hydrogen-bond donors (Lipinski definition) is 1. The number of piperidine rings is 2. The zero-order valence-corrected chi connectivity index (χ0v) is 43.7. The number of rotatable bonds is 9. The normalized spacial score (nSPS) is 16.3. The smallest absolute Gasteiger partial charge is 0.793 e. The van der Waals surface area contributed by atoms with E-state index in [1.165, 1.54) is 55.4 Å². The quantitative estimate of drug-likeness (QED) is 0.149. The molecule has 4 fully saturated rings. The van der Waals surface area contributed by atoms with Crippen LogP contribution in [0.15, 0.2) is 109 Å². The van der Waals surface area contributed by atoms with Gasteiger partial charge in [0.2, 0.25) is 5.97 Å². The Morgan fingerprint density at radius 3 is 1.35 bits per heavy atom. The molecule has 367 valence electrons. The number of anilines is 2. The van der Waals surface area contributed by atoms with Gasteiger partial charge in [-0.1, -0.05) is 84.9 Å². The van der Waals surface area contributed by atoms with E-state index in [0.29, 0.717) is 5.78 Å². The average Bonchev–Trinajstić information content (AvgIpc) is 3.38. The minimum absolute atomic E-state index is 0. The summed E-state index contributed by atoms with van der Waals surface area (Å²) in [6.07, 6.45) is 4.04. The first kappa shape index (κ1) is 58.4. The number of para-hydroxylation sites is 4. The van der Waals surface area contributed by atoms with Gasteiger partial charge in [0.1, 0.15) is 17.3 Å². The van der Waals surface area contributed by atoms with Crippen molar-refractivity contribution in [2.45, 2.75) is 65.6 Å². The molecule has 0 aromatic heterocycles. The first-order valence-corrected chi connectivity index (χ1v) is 23.5. The molecule has 0 spiro atoms. The minimum atomic E-state index is -0.639. The number of piperazine rings is 2. The number of likely N-dealkylation sites (tertiary alicyclic amines) is 2. The summed E-state index contributed by atoms with van der Waals surface area (Å²) in [5.41, 5.74) is 5.21. The summed E-state index contributed by atoms with van der Waals surface area (Å²) in [4.78, 5) is 60.3. The molecule has 4 aliphatic rings. The molecule has 0 atom stereocenters. The number of Topliss-reactive ketones (excluding diaryl/α,β-unsaturated/α-hetero) is 1. The number of ketones is 1. The van der Waals surface area contributed by atoms with Crippen molar-refractivity contribution in [3.8, 4) is 11.5 Å². The van der Waals surface area contributed by atoms with Gasteiger partial charge in [-0.3, -0.25) is 24.3 Å². The van der Waals surface area contributed by atoms with Gasteiger partial charge in [0.15, 0.2) is 0 Å². The van der Waals surface area contributed by atoms with E-state index in [1.807, 2.05) is 24.3 Å². The predicted octanol–water partition coefficient (Wildman–Crippen LogP) is 3.10. The van der Waals surface area contributed by atoms with Gasteiger partial charge in [0.05, 0.1) is 25.6 Å². The van der Waals surface area contributed by atoms with Gasteiger partial charge in [-0.2, -0.15) is 0 Å². The monoisotopic (exact) mass is 958 g/mol. The van der Waals surface area contributed by atoms with Crippen LogP contribution >= 0.6 is 0 Å². The van der Waals surface area contributed by atoms with Crippen LogP contribution in [0.3, 0.4) is 0 Å². The maximum Gasteiger partial charge on any atom is 1.00 e. The molecular formula is C52H71BN6NaO9. The first-order chi connectivity index (χ1) is 33.0. The number of benzene rings is 4. The Balaban J connectivity index is 0.000000255. The van der Waals surface area contributed by atoms with E-state index in [1.54, 1.807) is 14.2 Å². The molecule has 4 aliphatic heterocycles. The van der Waals surface area contributed by atoms with Crippen molar-refractivity contribution in [3.63, 3.8) is 0 Å². The van der Waals surface area contributed by atoms with Crippen molar-refractivity contribution in [1.82, 2.24) is 20.0 Å². The van der Waals surface area contributed by atoms with Crippen LogP contribution in [-0.2, 0) is 46.7 Å². The van der Waals surface area contributed by atoms with Crippen molar-refractivity contribution in [3.05, 3.63) is 120 Å². The van der Waals surface area contributed by atoms with Gasteiger partial charge in [-0.05, 0) is 61.3 Å². The van der Waals surface area contributed by atoms with Crippen molar-refractivity contribution >= 4 is 43.1 Å². The van der Waals surface area contributed by atoms with Crippen molar-refractivity contribution in [1.29, 1.82) is 0 Å². The molecule has 69 heavy (non-hydrogen) atoms. The number of hydrogen-bond acceptors (Lipinski definition) is 15. The summed E-state index contributed by atoms with van der Waals surface area (Å²) in [5, 5.41) is 3.34. The van der Waals surface area contributed by atoms with Crippen molar-refractivity contribution in [2.75, 3.05) is 103 Å². The summed E-state index contributed by atoms with van der Waals surface area (Å²) in [7, 11) is 7.81. The molecule has 15 nitrogen and oxygen atoms in total. The van der Waals surface area contributed by atoms with Crippen molar-refractivity contribution in [2.24, 2.45) is 0 Å². The third-order valence-corrected chi connectivity index (χ3v) is 11.7. The largest absolute Gasteiger partial charge is 1.00 e. The second-order valence-electron chi connectivity index (χ2n) is 16.7. The Kier molecular flexibility index (Phi) is 28.4. The minimum Gasteiger partial charge on any atom is -0.793 e. The standard InChI is InChI=1S/C23H31N3O.C12H15NO.C11H16N2O.C4H6O4.C2H3BO2.Na/c1-27-23-10-6-5-9-22(23)26-17-15-25(16-18-26)21-11-13-24(14-12-21)19-20-7-3-2-4-8-20;14-12-6-8-13(9-7-12)10-11-4-2-1-3-5-11;1-14-11-5-3-2-4-10(11)13-8-6-12-7-9-13;1-3(5)7-8-4(2)6;1-2(4)5-3;/h2-10,21H,11-19H2,1H3;1-5H,6-10H2;2-5,12H,6-9H2,1H3;1-2H3;1H3;/q;;;;-1;+1. The maximum atomic E-state index is 11.0. The molecule has 0 bridgehead atoms. The van der Waals surface area contributed by atoms with E-state index in [9.17, 15) is 19.2 Å². The Hall–Kier alpha value is -4.94. The van der Waals surface area contributed by atoms with Crippen LogP contribution in [-0.4, -0.2) is 145 Å². The number of carbonyl (C=O) groups excluding carboxylic acids is 4. The predicted molar refractivity (Wildman–Crippen MR) is 267 cm³/mol. The number of ether oxygens (including phenoxy) is 2. The summed E-state index contributed by atoms with van der Waals surface area (Å²) >= 11 is 0. The molecule has 0 unspecified atom stereocenters. The molecule has 4 aromatic carbocycles. The topological polar surface area (TPSA) is 143 Å². The second-order valence-corrected chi connectivity index (χ2v) is 16.7. The van der Waals surface area contributed by atoms with Gasteiger partial charge in [-0.25, -0.2) is 19.4 Å². The summed E-state index contributed by atoms with van der Waals surface area (Å²) < 4.78 is 14.5. The number of nitrogens with one attached hydrogen (secondary N) is 1. The van der Waals surface area contributed by atoms with Crippen LogP contribution in [0.4, 0.5) is 11.4 Å². The molecule has 1 N–H and O–H groups in total. The second kappa shape index (κ2) is 33.6. The number of nitrogens with zero attached hydrogens (tertiary/aromatic N) is 5. The van der Waals surface area contributed by atoms with Crippen LogP contribution in [0.2, 0.25) is 0 Å². The van der Waals surface area contributed by atoms with Crippen LogP contribution < -0.4 is 54.1 Å². The van der Waals surface area contributed by atoms with E-state index in [4.69, 9.17) is 9.47 Å². The molecule has 0 amide bonds. The van der Waals surface area contributed by atoms with E-state index in [0.717, 1.165) is 123 Å². The summed E-state index contributed by atoms with van der Waals surface area (Å²) in [6.45, 7) is 18.6. The van der Waals surface area contributed by atoms with E-state index in [-0.39, 0.29) is 29.6 Å². The Bertz CT molecular complexity index is 2050. The van der Waals surface area contributed by atoms with Crippen LogP contribution in [0.5, 0.6) is 11.5 Å². The molecule has 17 heteroatoms. The van der Waals surface area contributed by atoms with Gasteiger partial charge in [0, 0.05) is 118 Å². The zero-order valence-electron chi connectivity index (χ0n) is 41.7. The Morgan fingerprint density at radius 1 is 0.551 bits per heavy atom. The molecule has 8 rings (SSSR count). The van der Waals surface area contributed by atoms with Crippen LogP contribution in [0, 0.1) is 0 Å². The van der Waals surface area contributed by atoms with Crippen LogP contribution in [0.25, 0.3) is 0 Å².